The SMILES string of the molecule is Cc1ccc(-c2ccc(C(=O)OCCCCO)cc2)cc1C. The number of benzene rings is 2. The largest absolute Gasteiger partial charge is 0.462 e. The second-order valence-electron chi connectivity index (χ2n) is 5.44. The molecule has 0 unspecified atom stereocenters. The number of hydrogen-bond acceptors (Lipinski definition) is 3. The first-order valence-corrected chi connectivity index (χ1v) is 7.57. The lowest BCUT2D eigenvalue weighted by molar-refractivity contribution is 0.0492. The first-order chi connectivity index (χ1) is 10.6. The molecule has 0 saturated heterocycles. The molecule has 0 amide bonds. The van der Waals surface area contributed by atoms with Gasteiger partial charge < -0.3 is 9.84 Å². The fourth-order valence-corrected chi connectivity index (χ4v) is 2.18. The van der Waals surface area contributed by atoms with Crippen molar-refractivity contribution in [1.29, 1.82) is 0 Å². The van der Waals surface area contributed by atoms with Crippen LogP contribution in [0.2, 0.25) is 0 Å². The summed E-state index contributed by atoms with van der Waals surface area (Å²) in [5, 5.41) is 8.68. The van der Waals surface area contributed by atoms with Crippen molar-refractivity contribution in [2.24, 2.45) is 0 Å². The second kappa shape index (κ2) is 7.76. The van der Waals surface area contributed by atoms with Crippen LogP contribution in [0, 0.1) is 13.8 Å². The highest BCUT2D eigenvalue weighted by Gasteiger charge is 2.07. The number of aliphatic hydroxyl groups excluding tert-OH is 1. The summed E-state index contributed by atoms with van der Waals surface area (Å²) in [6.45, 7) is 4.66. The minimum atomic E-state index is -0.315. The van der Waals surface area contributed by atoms with Gasteiger partial charge in [0.2, 0.25) is 0 Å². The Morgan fingerprint density at radius 3 is 2.27 bits per heavy atom. The van der Waals surface area contributed by atoms with E-state index < -0.39 is 0 Å². The van der Waals surface area contributed by atoms with Gasteiger partial charge >= 0.3 is 5.97 Å². The zero-order valence-corrected chi connectivity index (χ0v) is 13.1. The molecule has 0 aliphatic rings. The molecule has 0 aromatic heterocycles. The van der Waals surface area contributed by atoms with E-state index in [-0.39, 0.29) is 12.6 Å². The molecule has 2 rings (SSSR count). The number of unbranched alkanes of at least 4 members (excludes halogenated alkanes) is 1. The van der Waals surface area contributed by atoms with E-state index in [1.165, 1.54) is 11.1 Å². The highest BCUT2D eigenvalue weighted by molar-refractivity contribution is 5.90. The van der Waals surface area contributed by atoms with Crippen LogP contribution in [0.4, 0.5) is 0 Å². The van der Waals surface area contributed by atoms with Gasteiger partial charge in [0, 0.05) is 6.61 Å². The van der Waals surface area contributed by atoms with E-state index in [2.05, 4.69) is 32.0 Å². The summed E-state index contributed by atoms with van der Waals surface area (Å²) in [7, 11) is 0. The molecule has 0 bridgehead atoms. The average Bonchev–Trinajstić information content (AvgIpc) is 2.54. The molecule has 0 spiro atoms. The number of esters is 1. The molecule has 2 aromatic carbocycles. The van der Waals surface area contributed by atoms with E-state index in [1.54, 1.807) is 12.1 Å². The van der Waals surface area contributed by atoms with Crippen molar-refractivity contribution in [2.75, 3.05) is 13.2 Å². The lowest BCUT2D eigenvalue weighted by atomic mass is 10.00. The zero-order valence-electron chi connectivity index (χ0n) is 13.1. The van der Waals surface area contributed by atoms with Gasteiger partial charge in [-0.3, -0.25) is 0 Å². The number of carbonyl (C=O) groups is 1. The van der Waals surface area contributed by atoms with Gasteiger partial charge in [-0.2, -0.15) is 0 Å². The van der Waals surface area contributed by atoms with E-state index in [0.29, 0.717) is 25.0 Å². The predicted octanol–water partition coefficient (Wildman–Crippen LogP) is 3.90. The number of hydrogen-bond donors (Lipinski definition) is 1. The first kappa shape index (κ1) is 16.2. The van der Waals surface area contributed by atoms with Gasteiger partial charge in [-0.15, -0.1) is 0 Å². The van der Waals surface area contributed by atoms with Gasteiger partial charge in [-0.25, -0.2) is 4.79 Å². The quantitative estimate of drug-likeness (QED) is 0.650. The minimum Gasteiger partial charge on any atom is -0.462 e. The topological polar surface area (TPSA) is 46.5 Å². The van der Waals surface area contributed by atoms with Gasteiger partial charge in [-0.1, -0.05) is 30.3 Å². The summed E-state index contributed by atoms with van der Waals surface area (Å²) in [5.74, 6) is -0.315. The maximum Gasteiger partial charge on any atom is 0.338 e. The zero-order chi connectivity index (χ0) is 15.9. The number of aryl methyl sites for hydroxylation is 2. The third kappa shape index (κ3) is 4.18. The summed E-state index contributed by atoms with van der Waals surface area (Å²) >= 11 is 0. The van der Waals surface area contributed by atoms with E-state index >= 15 is 0 Å². The van der Waals surface area contributed by atoms with Gasteiger partial charge in [0.05, 0.1) is 12.2 Å². The third-order valence-corrected chi connectivity index (χ3v) is 3.75. The van der Waals surface area contributed by atoms with Gasteiger partial charge in [-0.05, 0) is 61.1 Å². The van der Waals surface area contributed by atoms with Crippen LogP contribution in [0.25, 0.3) is 11.1 Å². The van der Waals surface area contributed by atoms with Crippen molar-refractivity contribution in [3.05, 3.63) is 59.2 Å². The lowest BCUT2D eigenvalue weighted by Crippen LogP contribution is -2.06. The fraction of sp³-hybridized carbons (Fsp3) is 0.316. The molecule has 0 radical (unpaired) electrons. The maximum atomic E-state index is 11.9. The molecule has 0 aliphatic heterocycles. The molecule has 0 aliphatic carbocycles. The number of carbonyl (C=O) groups excluding carboxylic acids is 1. The fourth-order valence-electron chi connectivity index (χ4n) is 2.18. The Morgan fingerprint density at radius 2 is 1.64 bits per heavy atom. The molecular formula is C19H22O3. The van der Waals surface area contributed by atoms with Crippen molar-refractivity contribution in [3.8, 4) is 11.1 Å². The Balaban J connectivity index is 2.03. The number of ether oxygens (including phenoxy) is 1. The Labute approximate surface area is 131 Å². The van der Waals surface area contributed by atoms with Gasteiger partial charge in [0.15, 0.2) is 0 Å². The van der Waals surface area contributed by atoms with Crippen LogP contribution >= 0.6 is 0 Å². The smallest absolute Gasteiger partial charge is 0.338 e. The standard InChI is InChI=1S/C19H22O3/c1-14-5-6-18(13-15(14)2)16-7-9-17(10-8-16)19(21)22-12-4-3-11-20/h5-10,13,20H,3-4,11-12H2,1-2H3. The summed E-state index contributed by atoms with van der Waals surface area (Å²) in [6.07, 6.45) is 1.34. The molecule has 116 valence electrons. The first-order valence-electron chi connectivity index (χ1n) is 7.57. The molecule has 3 nitrogen and oxygen atoms in total. The van der Waals surface area contributed by atoms with Crippen molar-refractivity contribution in [3.63, 3.8) is 0 Å². The molecule has 1 N–H and O–H groups in total. The van der Waals surface area contributed by atoms with E-state index in [1.807, 2.05) is 12.1 Å². The molecule has 0 fully saturated rings. The van der Waals surface area contributed by atoms with Gasteiger partial charge in [0.25, 0.3) is 0 Å². The van der Waals surface area contributed by atoms with E-state index in [9.17, 15) is 4.79 Å². The Morgan fingerprint density at radius 1 is 0.955 bits per heavy atom. The molecule has 3 heteroatoms. The molecule has 0 atom stereocenters. The van der Waals surface area contributed by atoms with Crippen molar-refractivity contribution in [1.82, 2.24) is 0 Å². The Bertz CT molecular complexity index is 630. The normalized spacial score (nSPS) is 10.5. The second-order valence-corrected chi connectivity index (χ2v) is 5.44. The minimum absolute atomic E-state index is 0.127. The summed E-state index contributed by atoms with van der Waals surface area (Å²) in [6, 6.07) is 13.8. The Hall–Kier alpha value is -2.13. The molecular weight excluding hydrogens is 276 g/mol. The Kier molecular flexibility index (Phi) is 5.73. The number of aliphatic hydroxyl groups is 1. The van der Waals surface area contributed by atoms with Crippen LogP contribution in [0.15, 0.2) is 42.5 Å². The van der Waals surface area contributed by atoms with Crippen molar-refractivity contribution < 1.29 is 14.6 Å². The molecule has 2 aromatic rings. The van der Waals surface area contributed by atoms with Crippen LogP contribution in [0.5, 0.6) is 0 Å². The average molecular weight is 298 g/mol. The summed E-state index contributed by atoms with van der Waals surface area (Å²) in [5.41, 5.74) is 5.30. The highest BCUT2D eigenvalue weighted by Crippen LogP contribution is 2.22. The van der Waals surface area contributed by atoms with Crippen LogP contribution in [0.3, 0.4) is 0 Å². The molecule has 0 saturated carbocycles. The maximum absolute atomic E-state index is 11.9. The monoisotopic (exact) mass is 298 g/mol. The van der Waals surface area contributed by atoms with Crippen LogP contribution in [-0.2, 0) is 4.74 Å². The summed E-state index contributed by atoms with van der Waals surface area (Å²) < 4.78 is 5.16. The third-order valence-electron chi connectivity index (χ3n) is 3.75. The van der Waals surface area contributed by atoms with Crippen molar-refractivity contribution in [2.45, 2.75) is 26.7 Å². The van der Waals surface area contributed by atoms with Crippen molar-refractivity contribution >= 4 is 5.97 Å². The molecule has 0 heterocycles. The van der Waals surface area contributed by atoms with Crippen LogP contribution in [-0.4, -0.2) is 24.3 Å². The lowest BCUT2D eigenvalue weighted by Gasteiger charge is -2.07. The van der Waals surface area contributed by atoms with E-state index in [4.69, 9.17) is 9.84 Å². The number of rotatable bonds is 6. The van der Waals surface area contributed by atoms with Gasteiger partial charge in [0.1, 0.15) is 0 Å². The van der Waals surface area contributed by atoms with Crippen LogP contribution in [0.1, 0.15) is 34.3 Å². The predicted molar refractivity (Wildman–Crippen MR) is 88.0 cm³/mol. The van der Waals surface area contributed by atoms with E-state index in [0.717, 1.165) is 11.1 Å². The molecule has 22 heavy (non-hydrogen) atoms. The van der Waals surface area contributed by atoms with Crippen LogP contribution < -0.4 is 0 Å². The highest BCUT2D eigenvalue weighted by atomic mass is 16.5. The summed E-state index contributed by atoms with van der Waals surface area (Å²) in [4.78, 5) is 11.9.